The molecule has 2 heterocycles. The highest BCUT2D eigenvalue weighted by Crippen LogP contribution is 2.27. The predicted octanol–water partition coefficient (Wildman–Crippen LogP) is 7.06. The van der Waals surface area contributed by atoms with Crippen LogP contribution in [0.5, 0.6) is 5.75 Å². The second-order valence-corrected chi connectivity index (χ2v) is 9.36. The number of likely N-dealkylation sites (N-methyl/N-ethyl adjacent to an activating group) is 1. The van der Waals surface area contributed by atoms with Gasteiger partial charge in [-0.05, 0) is 85.7 Å². The molecule has 0 spiro atoms. The minimum absolute atomic E-state index is 0.245. The Kier molecular flexibility index (Phi) is 7.95. The van der Waals surface area contributed by atoms with E-state index in [1.807, 2.05) is 65.2 Å². The lowest BCUT2D eigenvalue weighted by atomic mass is 10.0. The van der Waals surface area contributed by atoms with Gasteiger partial charge in [0, 0.05) is 17.8 Å². The molecule has 7 heteroatoms. The summed E-state index contributed by atoms with van der Waals surface area (Å²) in [6, 6.07) is 28.4. The topological polar surface area (TPSA) is 54.7 Å². The molecule has 194 valence electrons. The quantitative estimate of drug-likeness (QED) is 0.207. The third kappa shape index (κ3) is 6.18. The van der Waals surface area contributed by atoms with Crippen molar-refractivity contribution in [2.45, 2.75) is 19.8 Å². The zero-order valence-corrected chi connectivity index (χ0v) is 21.8. The van der Waals surface area contributed by atoms with E-state index in [-0.39, 0.29) is 5.82 Å². The van der Waals surface area contributed by atoms with Crippen LogP contribution >= 0.6 is 0 Å². The van der Waals surface area contributed by atoms with Gasteiger partial charge >= 0.3 is 0 Å². The van der Waals surface area contributed by atoms with E-state index < -0.39 is 0 Å². The lowest BCUT2D eigenvalue weighted by Crippen LogP contribution is -2.25. The fourth-order valence-corrected chi connectivity index (χ4v) is 4.30. The van der Waals surface area contributed by atoms with Gasteiger partial charge in [0.05, 0.1) is 5.69 Å². The lowest BCUT2D eigenvalue weighted by molar-refractivity contribution is 0.235. The minimum atomic E-state index is -0.245. The Hall–Kier alpha value is -4.23. The van der Waals surface area contributed by atoms with Crippen LogP contribution in [0.1, 0.15) is 19.8 Å². The van der Waals surface area contributed by atoms with Crippen LogP contribution in [0.3, 0.4) is 0 Å². The molecule has 0 radical (unpaired) electrons. The summed E-state index contributed by atoms with van der Waals surface area (Å²) in [6.45, 7) is 4.86. The number of ether oxygens (including phenoxy) is 1. The van der Waals surface area contributed by atoms with E-state index in [0.29, 0.717) is 12.6 Å². The molecule has 0 amide bonds. The van der Waals surface area contributed by atoms with Gasteiger partial charge in [-0.15, -0.1) is 5.10 Å². The van der Waals surface area contributed by atoms with Gasteiger partial charge < -0.3 is 15.0 Å². The molecular formula is C31H32FN5O. The number of nitrogens with one attached hydrogen (secondary N) is 1. The maximum absolute atomic E-state index is 13.4. The van der Waals surface area contributed by atoms with Crippen molar-refractivity contribution in [1.29, 1.82) is 0 Å². The molecule has 5 aromatic rings. The van der Waals surface area contributed by atoms with E-state index in [2.05, 4.69) is 35.2 Å². The van der Waals surface area contributed by atoms with Crippen molar-refractivity contribution < 1.29 is 9.13 Å². The van der Waals surface area contributed by atoms with Crippen molar-refractivity contribution in [3.63, 3.8) is 0 Å². The molecular weight excluding hydrogens is 477 g/mol. The third-order valence-electron chi connectivity index (χ3n) is 6.44. The molecule has 1 N–H and O–H groups in total. The SMILES string of the molecule is CCCCN(C)CCOc1ccc(Nc2nc3cccc(-c4cccc(-c5ccc(F)cc5)c4)n3n2)cc1. The Balaban J connectivity index is 1.28. The average Bonchev–Trinajstić information content (AvgIpc) is 3.36. The highest BCUT2D eigenvalue weighted by Gasteiger charge is 2.10. The van der Waals surface area contributed by atoms with Crippen molar-refractivity contribution >= 4 is 17.3 Å². The Morgan fingerprint density at radius 2 is 1.63 bits per heavy atom. The van der Waals surface area contributed by atoms with Crippen molar-refractivity contribution in [2.75, 3.05) is 32.1 Å². The Labute approximate surface area is 222 Å². The number of hydrogen-bond acceptors (Lipinski definition) is 5. The Bertz CT molecular complexity index is 1480. The standard InChI is InChI=1S/C31H32FN5O/c1-3-4-19-36(2)20-21-38-28-17-15-27(16-18-28)33-31-34-30-10-6-9-29(37(30)35-31)25-8-5-7-24(22-25)23-11-13-26(32)14-12-23/h5-18,22H,3-4,19-21H2,1-2H3,(H,33,35). The number of rotatable bonds is 11. The molecule has 0 aliphatic heterocycles. The normalized spacial score (nSPS) is 11.3. The third-order valence-corrected chi connectivity index (χ3v) is 6.44. The van der Waals surface area contributed by atoms with Crippen molar-refractivity contribution in [3.05, 3.63) is 96.8 Å². The van der Waals surface area contributed by atoms with Gasteiger partial charge in [-0.25, -0.2) is 8.91 Å². The van der Waals surface area contributed by atoms with Crippen LogP contribution in [0.4, 0.5) is 16.0 Å². The molecule has 0 saturated carbocycles. The molecule has 3 aromatic carbocycles. The second kappa shape index (κ2) is 11.9. The minimum Gasteiger partial charge on any atom is -0.492 e. The number of hydrogen-bond donors (Lipinski definition) is 1. The summed E-state index contributed by atoms with van der Waals surface area (Å²) in [5.41, 5.74) is 5.50. The van der Waals surface area contributed by atoms with Crippen molar-refractivity contribution in [3.8, 4) is 28.1 Å². The maximum Gasteiger partial charge on any atom is 0.247 e. The van der Waals surface area contributed by atoms with Gasteiger partial charge in [-0.1, -0.05) is 49.7 Å². The first-order valence-electron chi connectivity index (χ1n) is 13.0. The van der Waals surface area contributed by atoms with Crippen molar-refractivity contribution in [2.24, 2.45) is 0 Å². The van der Waals surface area contributed by atoms with Crippen LogP contribution in [0.2, 0.25) is 0 Å². The van der Waals surface area contributed by atoms with E-state index in [4.69, 9.17) is 9.84 Å². The molecule has 0 aliphatic carbocycles. The zero-order chi connectivity index (χ0) is 26.3. The number of benzene rings is 3. The predicted molar refractivity (Wildman–Crippen MR) is 151 cm³/mol. The first-order valence-corrected chi connectivity index (χ1v) is 13.0. The summed E-state index contributed by atoms with van der Waals surface area (Å²) in [5, 5.41) is 8.02. The molecule has 0 aliphatic rings. The van der Waals surface area contributed by atoms with Crippen LogP contribution in [-0.4, -0.2) is 46.2 Å². The van der Waals surface area contributed by atoms with Gasteiger partial charge in [-0.2, -0.15) is 4.98 Å². The van der Waals surface area contributed by atoms with Gasteiger partial charge in [0.25, 0.3) is 0 Å². The lowest BCUT2D eigenvalue weighted by Gasteiger charge is -2.16. The average molecular weight is 510 g/mol. The van der Waals surface area contributed by atoms with E-state index >= 15 is 0 Å². The fourth-order valence-electron chi connectivity index (χ4n) is 4.30. The smallest absolute Gasteiger partial charge is 0.247 e. The number of anilines is 2. The molecule has 0 fully saturated rings. The summed E-state index contributed by atoms with van der Waals surface area (Å²) in [7, 11) is 2.13. The zero-order valence-electron chi connectivity index (χ0n) is 21.8. The molecule has 0 unspecified atom stereocenters. The van der Waals surface area contributed by atoms with Crippen LogP contribution in [-0.2, 0) is 0 Å². The van der Waals surface area contributed by atoms with Crippen LogP contribution in [0, 0.1) is 5.82 Å². The number of aromatic nitrogens is 3. The van der Waals surface area contributed by atoms with E-state index in [1.54, 1.807) is 12.1 Å². The van der Waals surface area contributed by atoms with E-state index in [0.717, 1.165) is 52.6 Å². The van der Waals surface area contributed by atoms with Crippen LogP contribution in [0.15, 0.2) is 91.0 Å². The molecule has 2 aromatic heterocycles. The first kappa shape index (κ1) is 25.4. The van der Waals surface area contributed by atoms with Gasteiger partial charge in [-0.3, -0.25) is 0 Å². The summed E-state index contributed by atoms with van der Waals surface area (Å²) in [4.78, 5) is 6.96. The number of fused-ring (bicyclic) bond motifs is 1. The largest absolute Gasteiger partial charge is 0.492 e. The highest BCUT2D eigenvalue weighted by atomic mass is 19.1. The molecule has 0 atom stereocenters. The number of halogens is 1. The monoisotopic (exact) mass is 509 g/mol. The number of nitrogens with zero attached hydrogens (tertiary/aromatic N) is 4. The second-order valence-electron chi connectivity index (χ2n) is 9.36. The van der Waals surface area contributed by atoms with E-state index in [1.165, 1.54) is 25.0 Å². The Morgan fingerprint density at radius 3 is 2.42 bits per heavy atom. The highest BCUT2D eigenvalue weighted by molar-refractivity contribution is 5.73. The summed E-state index contributed by atoms with van der Waals surface area (Å²) >= 11 is 0. The van der Waals surface area contributed by atoms with E-state index in [9.17, 15) is 4.39 Å². The Morgan fingerprint density at radius 1 is 0.868 bits per heavy atom. The summed E-state index contributed by atoms with van der Waals surface area (Å²) < 4.78 is 21.1. The number of unbranched alkanes of at least 4 members (excludes halogenated alkanes) is 1. The molecule has 0 bridgehead atoms. The molecule has 5 rings (SSSR count). The van der Waals surface area contributed by atoms with Gasteiger partial charge in [0.1, 0.15) is 18.2 Å². The maximum atomic E-state index is 13.4. The molecule has 0 saturated heterocycles. The molecule has 38 heavy (non-hydrogen) atoms. The first-order chi connectivity index (χ1) is 18.6. The van der Waals surface area contributed by atoms with Gasteiger partial charge in [0.15, 0.2) is 5.65 Å². The van der Waals surface area contributed by atoms with Crippen molar-refractivity contribution in [1.82, 2.24) is 19.5 Å². The summed E-state index contributed by atoms with van der Waals surface area (Å²) in [5.74, 6) is 1.11. The number of pyridine rings is 1. The molecule has 6 nitrogen and oxygen atoms in total. The summed E-state index contributed by atoms with van der Waals surface area (Å²) in [6.07, 6.45) is 2.41. The van der Waals surface area contributed by atoms with Gasteiger partial charge in [0.2, 0.25) is 5.95 Å². The van der Waals surface area contributed by atoms with Crippen LogP contribution in [0.25, 0.3) is 28.0 Å². The van der Waals surface area contributed by atoms with Crippen LogP contribution < -0.4 is 10.1 Å². The fraction of sp³-hybridized carbons (Fsp3) is 0.226.